The number of nitrogen functional groups attached to an aromatic ring is 1. The predicted octanol–water partition coefficient (Wildman–Crippen LogP) is 2.02. The summed E-state index contributed by atoms with van der Waals surface area (Å²) in [6.07, 6.45) is 0. The van der Waals surface area contributed by atoms with Gasteiger partial charge in [0.1, 0.15) is 5.82 Å². The molecule has 0 aliphatic carbocycles. The fourth-order valence-electron chi connectivity index (χ4n) is 1.75. The molecule has 2 rings (SSSR count). The summed E-state index contributed by atoms with van der Waals surface area (Å²) < 4.78 is 13.3. The summed E-state index contributed by atoms with van der Waals surface area (Å²) in [5, 5.41) is 5.09. The molecule has 0 bridgehead atoms. The van der Waals surface area contributed by atoms with E-state index in [0.29, 0.717) is 11.3 Å². The Bertz CT molecular complexity index is 701. The summed E-state index contributed by atoms with van der Waals surface area (Å²) in [5.74, 6) is -1.39. The molecule has 0 atom stereocenters. The first-order valence-corrected chi connectivity index (χ1v) is 6.20. The Hall–Kier alpha value is -2.89. The lowest BCUT2D eigenvalue weighted by Crippen LogP contribution is -2.18. The van der Waals surface area contributed by atoms with E-state index in [9.17, 15) is 14.0 Å². The summed E-state index contributed by atoms with van der Waals surface area (Å²) in [6, 6.07) is 10.2. The van der Waals surface area contributed by atoms with Crippen molar-refractivity contribution < 1.29 is 14.0 Å². The van der Waals surface area contributed by atoms with Crippen molar-refractivity contribution in [2.75, 3.05) is 18.1 Å². The minimum atomic E-state index is -0.651. The van der Waals surface area contributed by atoms with Gasteiger partial charge < -0.3 is 16.4 Å². The molecule has 0 heterocycles. The van der Waals surface area contributed by atoms with E-state index in [1.54, 1.807) is 18.2 Å². The summed E-state index contributed by atoms with van der Waals surface area (Å²) in [5.41, 5.74) is 6.34. The number of hydrogen-bond donors (Lipinski definition) is 3. The summed E-state index contributed by atoms with van der Waals surface area (Å²) >= 11 is 0. The first-order chi connectivity index (χ1) is 10.0. The van der Waals surface area contributed by atoms with Crippen molar-refractivity contribution in [1.82, 2.24) is 5.32 Å². The van der Waals surface area contributed by atoms with Crippen molar-refractivity contribution in [3.05, 3.63) is 59.4 Å². The zero-order chi connectivity index (χ0) is 15.4. The van der Waals surface area contributed by atoms with Gasteiger partial charge in [-0.25, -0.2) is 4.39 Å². The normalized spacial score (nSPS) is 10.0. The number of anilines is 2. The van der Waals surface area contributed by atoms with Crippen LogP contribution in [0.15, 0.2) is 42.5 Å². The van der Waals surface area contributed by atoms with Crippen LogP contribution in [0.25, 0.3) is 0 Å². The third-order valence-corrected chi connectivity index (χ3v) is 2.87. The van der Waals surface area contributed by atoms with Gasteiger partial charge >= 0.3 is 0 Å². The van der Waals surface area contributed by atoms with Gasteiger partial charge in [-0.15, -0.1) is 0 Å². The number of amides is 2. The zero-order valence-corrected chi connectivity index (χ0v) is 11.3. The van der Waals surface area contributed by atoms with Crippen LogP contribution in [0.3, 0.4) is 0 Å². The molecule has 0 radical (unpaired) electrons. The number of hydrogen-bond acceptors (Lipinski definition) is 3. The van der Waals surface area contributed by atoms with Crippen molar-refractivity contribution >= 4 is 23.2 Å². The molecule has 0 aliphatic heterocycles. The molecule has 0 saturated carbocycles. The van der Waals surface area contributed by atoms with E-state index in [1.807, 2.05) is 0 Å². The zero-order valence-electron chi connectivity index (χ0n) is 11.3. The molecular formula is C15H14FN3O2. The van der Waals surface area contributed by atoms with E-state index in [-0.39, 0.29) is 17.2 Å². The van der Waals surface area contributed by atoms with E-state index in [4.69, 9.17) is 5.73 Å². The van der Waals surface area contributed by atoms with Crippen molar-refractivity contribution in [3.8, 4) is 0 Å². The van der Waals surface area contributed by atoms with Crippen LogP contribution >= 0.6 is 0 Å². The quantitative estimate of drug-likeness (QED) is 0.755. The number of benzene rings is 2. The summed E-state index contributed by atoms with van der Waals surface area (Å²) in [4.78, 5) is 23.5. The number of nitrogens with one attached hydrogen (secondary N) is 2. The molecule has 6 heteroatoms. The molecule has 0 aliphatic rings. The Morgan fingerprint density at radius 3 is 2.43 bits per heavy atom. The second-order valence-corrected chi connectivity index (χ2v) is 4.35. The Morgan fingerprint density at radius 2 is 1.76 bits per heavy atom. The lowest BCUT2D eigenvalue weighted by molar-refractivity contribution is 0.0961. The number of carbonyl (C=O) groups is 2. The van der Waals surface area contributed by atoms with E-state index in [0.717, 1.165) is 6.07 Å². The topological polar surface area (TPSA) is 84.2 Å². The van der Waals surface area contributed by atoms with Crippen LogP contribution in [-0.2, 0) is 0 Å². The lowest BCUT2D eigenvalue weighted by Gasteiger charge is -2.07. The van der Waals surface area contributed by atoms with Gasteiger partial charge in [-0.2, -0.15) is 0 Å². The van der Waals surface area contributed by atoms with Crippen molar-refractivity contribution in [2.45, 2.75) is 0 Å². The molecule has 2 aromatic carbocycles. The maximum absolute atomic E-state index is 13.3. The molecule has 0 saturated heterocycles. The van der Waals surface area contributed by atoms with Gasteiger partial charge in [0.2, 0.25) is 0 Å². The van der Waals surface area contributed by atoms with Gasteiger partial charge in [0, 0.05) is 23.9 Å². The lowest BCUT2D eigenvalue weighted by atomic mass is 10.1. The van der Waals surface area contributed by atoms with Crippen LogP contribution in [-0.4, -0.2) is 18.9 Å². The van der Waals surface area contributed by atoms with Crippen LogP contribution in [0.1, 0.15) is 20.7 Å². The van der Waals surface area contributed by atoms with Gasteiger partial charge in [-0.05, 0) is 36.4 Å². The second kappa shape index (κ2) is 6.04. The van der Waals surface area contributed by atoms with Crippen molar-refractivity contribution in [3.63, 3.8) is 0 Å². The van der Waals surface area contributed by atoms with Crippen LogP contribution in [0, 0.1) is 5.82 Å². The monoisotopic (exact) mass is 287 g/mol. The summed E-state index contributed by atoms with van der Waals surface area (Å²) in [6.45, 7) is 0. The van der Waals surface area contributed by atoms with Gasteiger partial charge in [-0.1, -0.05) is 6.07 Å². The first kappa shape index (κ1) is 14.5. The van der Waals surface area contributed by atoms with Crippen LogP contribution < -0.4 is 16.4 Å². The van der Waals surface area contributed by atoms with Crippen LogP contribution in [0.2, 0.25) is 0 Å². The van der Waals surface area contributed by atoms with Crippen molar-refractivity contribution in [1.29, 1.82) is 0 Å². The molecule has 0 spiro atoms. The Morgan fingerprint density at radius 1 is 1.05 bits per heavy atom. The summed E-state index contributed by atoms with van der Waals surface area (Å²) in [7, 11) is 1.52. The minimum Gasteiger partial charge on any atom is -0.396 e. The van der Waals surface area contributed by atoms with E-state index >= 15 is 0 Å². The highest BCUT2D eigenvalue weighted by molar-refractivity contribution is 6.05. The van der Waals surface area contributed by atoms with Gasteiger partial charge in [0.05, 0.1) is 5.69 Å². The fraction of sp³-hybridized carbons (Fsp3) is 0.0667. The molecule has 0 fully saturated rings. The minimum absolute atomic E-state index is 0.0202. The maximum atomic E-state index is 13.3. The largest absolute Gasteiger partial charge is 0.396 e. The highest BCUT2D eigenvalue weighted by atomic mass is 19.1. The Kier molecular flexibility index (Phi) is 4.18. The molecule has 0 unspecified atom stereocenters. The maximum Gasteiger partial charge on any atom is 0.255 e. The predicted molar refractivity (Wildman–Crippen MR) is 78.6 cm³/mol. The van der Waals surface area contributed by atoms with E-state index in [2.05, 4.69) is 10.6 Å². The number of carbonyl (C=O) groups excluding carboxylic acids is 2. The van der Waals surface area contributed by atoms with Crippen LogP contribution in [0.5, 0.6) is 0 Å². The van der Waals surface area contributed by atoms with Gasteiger partial charge in [-0.3, -0.25) is 9.59 Å². The number of halogens is 1. The third-order valence-electron chi connectivity index (χ3n) is 2.87. The Labute approximate surface area is 121 Å². The van der Waals surface area contributed by atoms with Gasteiger partial charge in [0.25, 0.3) is 11.8 Å². The average Bonchev–Trinajstić information content (AvgIpc) is 2.49. The van der Waals surface area contributed by atoms with E-state index < -0.39 is 11.7 Å². The first-order valence-electron chi connectivity index (χ1n) is 6.20. The highest BCUT2D eigenvalue weighted by Gasteiger charge is 2.10. The number of nitrogens with two attached hydrogens (primary N) is 1. The van der Waals surface area contributed by atoms with Gasteiger partial charge in [0.15, 0.2) is 0 Å². The molecule has 0 aromatic heterocycles. The van der Waals surface area contributed by atoms with Crippen LogP contribution in [0.4, 0.5) is 15.8 Å². The average molecular weight is 287 g/mol. The standard InChI is InChI=1S/C15H14FN3O2/c1-18-14(20)9-3-2-4-11(7-9)19-15(21)10-5-6-13(17)12(16)8-10/h2-8H,17H2,1H3,(H,18,20)(H,19,21). The molecule has 108 valence electrons. The molecule has 2 amide bonds. The highest BCUT2D eigenvalue weighted by Crippen LogP contribution is 2.15. The molecule has 21 heavy (non-hydrogen) atoms. The second-order valence-electron chi connectivity index (χ2n) is 4.35. The van der Waals surface area contributed by atoms with E-state index in [1.165, 1.54) is 25.2 Å². The SMILES string of the molecule is CNC(=O)c1cccc(NC(=O)c2ccc(N)c(F)c2)c1. The molecule has 4 N–H and O–H groups in total. The Balaban J connectivity index is 2.19. The molecule has 5 nitrogen and oxygen atoms in total. The fourth-order valence-corrected chi connectivity index (χ4v) is 1.75. The molecule has 2 aromatic rings. The molecular weight excluding hydrogens is 273 g/mol. The smallest absolute Gasteiger partial charge is 0.255 e. The number of rotatable bonds is 3. The third kappa shape index (κ3) is 3.36. The van der Waals surface area contributed by atoms with Crippen molar-refractivity contribution in [2.24, 2.45) is 0 Å².